The fourth-order valence-corrected chi connectivity index (χ4v) is 2.76. The van der Waals surface area contributed by atoms with E-state index in [-0.39, 0.29) is 12.4 Å². The number of benzene rings is 2. The number of amides is 1. The summed E-state index contributed by atoms with van der Waals surface area (Å²) < 4.78 is 16.0. The summed E-state index contributed by atoms with van der Waals surface area (Å²) in [6.07, 6.45) is -0.372. The summed E-state index contributed by atoms with van der Waals surface area (Å²) in [7, 11) is 0. The summed E-state index contributed by atoms with van der Waals surface area (Å²) in [6, 6.07) is 17.8. The summed E-state index contributed by atoms with van der Waals surface area (Å²) in [5, 5.41) is 6.33. The van der Waals surface area contributed by atoms with E-state index in [1.54, 1.807) is 43.3 Å². The van der Waals surface area contributed by atoms with Crippen LogP contribution in [0.15, 0.2) is 65.2 Å². The van der Waals surface area contributed by atoms with Crippen molar-refractivity contribution in [2.45, 2.75) is 26.4 Å². The molecule has 0 aliphatic heterocycles. The number of aromatic nitrogens is 1. The van der Waals surface area contributed by atoms with Gasteiger partial charge in [-0.05, 0) is 25.0 Å². The molecule has 7 heteroatoms. The summed E-state index contributed by atoms with van der Waals surface area (Å²) in [6.45, 7) is 3.40. The quantitative estimate of drug-likeness (QED) is 0.584. The third-order valence-electron chi connectivity index (χ3n) is 4.17. The second kappa shape index (κ2) is 9.54. The maximum atomic E-state index is 12.7. The molecule has 1 heterocycles. The monoisotopic (exact) mass is 394 g/mol. The van der Waals surface area contributed by atoms with Gasteiger partial charge in [-0.15, -0.1) is 0 Å². The maximum Gasteiger partial charge on any atom is 0.345 e. The van der Waals surface area contributed by atoms with E-state index in [0.717, 1.165) is 12.0 Å². The topological polar surface area (TPSA) is 90.7 Å². The maximum absolute atomic E-state index is 12.7. The molecule has 0 fully saturated rings. The van der Waals surface area contributed by atoms with Gasteiger partial charge in [-0.3, -0.25) is 4.79 Å². The highest BCUT2D eigenvalue weighted by atomic mass is 16.6. The number of nitrogens with one attached hydrogen (secondary N) is 1. The molecule has 1 N–H and O–H groups in total. The number of anilines is 1. The van der Waals surface area contributed by atoms with E-state index in [9.17, 15) is 9.59 Å². The highest BCUT2D eigenvalue weighted by Crippen LogP contribution is 2.22. The first-order chi connectivity index (χ1) is 14.1. The van der Waals surface area contributed by atoms with Gasteiger partial charge in [-0.2, -0.15) is 0 Å². The van der Waals surface area contributed by atoms with Crippen molar-refractivity contribution >= 4 is 17.7 Å². The first kappa shape index (κ1) is 20.1. The van der Waals surface area contributed by atoms with E-state index in [1.807, 2.05) is 31.2 Å². The molecule has 2 aromatic carbocycles. The fourth-order valence-electron chi connectivity index (χ4n) is 2.76. The Morgan fingerprint density at radius 1 is 1.10 bits per heavy atom. The Morgan fingerprint density at radius 2 is 1.83 bits per heavy atom. The molecule has 3 aromatic rings. The predicted molar refractivity (Wildman–Crippen MR) is 106 cm³/mol. The van der Waals surface area contributed by atoms with Crippen molar-refractivity contribution in [3.8, 4) is 5.75 Å². The molecule has 3 rings (SSSR count). The number of ether oxygens (including phenoxy) is 2. The van der Waals surface area contributed by atoms with E-state index in [0.29, 0.717) is 17.1 Å². The molecular formula is C22H22N2O5. The minimum atomic E-state index is -1.15. The van der Waals surface area contributed by atoms with Crippen LogP contribution in [0.2, 0.25) is 0 Å². The molecule has 1 atom stereocenters. The molecule has 1 aromatic heterocycles. The van der Waals surface area contributed by atoms with Crippen LogP contribution in [-0.2, 0) is 20.7 Å². The average molecular weight is 394 g/mol. The largest absolute Gasteiger partial charge is 0.482 e. The van der Waals surface area contributed by atoms with Gasteiger partial charge in [-0.25, -0.2) is 4.79 Å². The molecule has 0 bridgehead atoms. The van der Waals surface area contributed by atoms with Crippen molar-refractivity contribution in [2.75, 3.05) is 11.9 Å². The second-order valence-corrected chi connectivity index (χ2v) is 6.34. The summed E-state index contributed by atoms with van der Waals surface area (Å²) in [5.74, 6) is 0.225. The lowest BCUT2D eigenvalue weighted by Gasteiger charge is -2.18. The van der Waals surface area contributed by atoms with Crippen LogP contribution < -0.4 is 10.1 Å². The molecular weight excluding hydrogens is 372 g/mol. The summed E-state index contributed by atoms with van der Waals surface area (Å²) in [4.78, 5) is 25.1. The minimum Gasteiger partial charge on any atom is -0.482 e. The van der Waals surface area contributed by atoms with Crippen molar-refractivity contribution < 1.29 is 23.6 Å². The zero-order chi connectivity index (χ0) is 20.6. The second-order valence-electron chi connectivity index (χ2n) is 6.34. The van der Waals surface area contributed by atoms with Gasteiger partial charge in [0.15, 0.2) is 12.4 Å². The number of nitrogens with zero attached hydrogens (tertiary/aromatic N) is 1. The first-order valence-corrected chi connectivity index (χ1v) is 9.26. The van der Waals surface area contributed by atoms with Gasteiger partial charge in [0, 0.05) is 11.6 Å². The highest BCUT2D eigenvalue weighted by molar-refractivity contribution is 5.95. The van der Waals surface area contributed by atoms with Crippen LogP contribution in [0.5, 0.6) is 5.75 Å². The standard InChI is InChI=1S/C22H22N2O5/c1-3-16-9-7-8-12-18(16)27-14-20(25)28-21(17-10-5-4-6-11-17)22(26)23-19-13-15(2)29-24-19/h4-13,21H,3,14H2,1-2H3,(H,23,24,26). The Bertz CT molecular complexity index is 968. The Kier molecular flexibility index (Phi) is 6.63. The van der Waals surface area contributed by atoms with Crippen molar-refractivity contribution in [2.24, 2.45) is 0 Å². The van der Waals surface area contributed by atoms with Crippen molar-refractivity contribution in [1.82, 2.24) is 5.16 Å². The Labute approximate surface area is 168 Å². The molecule has 0 aliphatic carbocycles. The summed E-state index contributed by atoms with van der Waals surface area (Å²) >= 11 is 0. The molecule has 1 amide bonds. The smallest absolute Gasteiger partial charge is 0.345 e. The van der Waals surface area contributed by atoms with E-state index in [2.05, 4.69) is 10.5 Å². The first-order valence-electron chi connectivity index (χ1n) is 9.26. The summed E-state index contributed by atoms with van der Waals surface area (Å²) in [5.41, 5.74) is 1.52. The molecule has 150 valence electrons. The van der Waals surface area contributed by atoms with Gasteiger partial charge >= 0.3 is 5.97 Å². The zero-order valence-corrected chi connectivity index (χ0v) is 16.3. The van der Waals surface area contributed by atoms with Crippen LogP contribution in [0.1, 0.15) is 29.9 Å². The van der Waals surface area contributed by atoms with Crippen molar-refractivity contribution in [3.05, 3.63) is 77.6 Å². The lowest BCUT2D eigenvalue weighted by Crippen LogP contribution is -2.28. The van der Waals surface area contributed by atoms with Gasteiger partial charge in [0.1, 0.15) is 11.5 Å². The lowest BCUT2D eigenvalue weighted by atomic mass is 10.1. The average Bonchev–Trinajstić information content (AvgIpc) is 3.15. The van der Waals surface area contributed by atoms with Crippen molar-refractivity contribution in [1.29, 1.82) is 0 Å². The number of hydrogen-bond donors (Lipinski definition) is 1. The Hall–Kier alpha value is -3.61. The zero-order valence-electron chi connectivity index (χ0n) is 16.3. The molecule has 0 saturated carbocycles. The van der Waals surface area contributed by atoms with Gasteiger partial charge in [0.2, 0.25) is 6.10 Å². The third-order valence-corrected chi connectivity index (χ3v) is 4.17. The number of carbonyl (C=O) groups excluding carboxylic acids is 2. The molecule has 0 radical (unpaired) electrons. The predicted octanol–water partition coefficient (Wildman–Crippen LogP) is 3.85. The van der Waals surface area contributed by atoms with E-state index >= 15 is 0 Å². The van der Waals surface area contributed by atoms with Gasteiger partial charge < -0.3 is 19.3 Å². The molecule has 29 heavy (non-hydrogen) atoms. The van der Waals surface area contributed by atoms with Gasteiger partial charge in [0.25, 0.3) is 5.91 Å². The Morgan fingerprint density at radius 3 is 2.52 bits per heavy atom. The number of rotatable bonds is 8. The van der Waals surface area contributed by atoms with Gasteiger partial charge in [0.05, 0.1) is 0 Å². The molecule has 1 unspecified atom stereocenters. The number of carbonyl (C=O) groups is 2. The highest BCUT2D eigenvalue weighted by Gasteiger charge is 2.26. The van der Waals surface area contributed by atoms with Crippen LogP contribution in [0.4, 0.5) is 5.82 Å². The van der Waals surface area contributed by atoms with Crippen molar-refractivity contribution in [3.63, 3.8) is 0 Å². The van der Waals surface area contributed by atoms with Gasteiger partial charge in [-0.1, -0.05) is 60.6 Å². The number of para-hydroxylation sites is 1. The number of hydrogen-bond acceptors (Lipinski definition) is 6. The van der Waals surface area contributed by atoms with E-state index < -0.39 is 18.0 Å². The molecule has 0 saturated heterocycles. The van der Waals surface area contributed by atoms with Crippen LogP contribution in [0.25, 0.3) is 0 Å². The van der Waals surface area contributed by atoms with Crippen LogP contribution in [-0.4, -0.2) is 23.6 Å². The number of aryl methyl sites for hydroxylation is 2. The lowest BCUT2D eigenvalue weighted by molar-refractivity contribution is -0.156. The SMILES string of the molecule is CCc1ccccc1OCC(=O)OC(C(=O)Nc1cc(C)on1)c1ccccc1. The van der Waals surface area contributed by atoms with E-state index in [4.69, 9.17) is 14.0 Å². The molecule has 0 aliphatic rings. The van der Waals surface area contributed by atoms with Crippen LogP contribution >= 0.6 is 0 Å². The molecule has 7 nitrogen and oxygen atoms in total. The molecule has 0 spiro atoms. The third kappa shape index (κ3) is 5.44. The van der Waals surface area contributed by atoms with Crippen LogP contribution in [0, 0.1) is 6.92 Å². The van der Waals surface area contributed by atoms with E-state index in [1.165, 1.54) is 0 Å². The minimum absolute atomic E-state index is 0.248. The normalized spacial score (nSPS) is 11.5. The van der Waals surface area contributed by atoms with Crippen LogP contribution in [0.3, 0.4) is 0 Å². The number of esters is 1. The fraction of sp³-hybridized carbons (Fsp3) is 0.227. The Balaban J connectivity index is 1.69.